The molecule has 1 saturated heterocycles. The molecule has 1 aliphatic heterocycles. The first-order chi connectivity index (χ1) is 23.7. The van der Waals surface area contributed by atoms with Crippen molar-refractivity contribution in [3.63, 3.8) is 0 Å². The maximum absolute atomic E-state index is 14.8. The van der Waals surface area contributed by atoms with E-state index in [0.717, 1.165) is 45.7 Å². The topological polar surface area (TPSA) is 123 Å². The molecule has 3 heterocycles. The Morgan fingerprint density at radius 2 is 1.86 bits per heavy atom. The summed E-state index contributed by atoms with van der Waals surface area (Å²) in [5, 5.41) is 5.25. The maximum atomic E-state index is 14.8. The van der Waals surface area contributed by atoms with Crippen molar-refractivity contribution in [2.45, 2.75) is 45.1 Å². The van der Waals surface area contributed by atoms with Crippen LogP contribution in [0.15, 0.2) is 47.3 Å². The molecular formula is C34H39ClF2N6O4S2. The number of carbonyl (C=O) groups is 2. The van der Waals surface area contributed by atoms with Gasteiger partial charge in [-0.05, 0) is 43.0 Å². The Bertz CT molecular complexity index is 1700. The van der Waals surface area contributed by atoms with E-state index in [0.29, 0.717) is 57.9 Å². The Balaban J connectivity index is 0.979. The molecule has 15 heteroatoms. The normalized spacial score (nSPS) is 13.7. The van der Waals surface area contributed by atoms with Crippen LogP contribution in [0.3, 0.4) is 0 Å². The van der Waals surface area contributed by atoms with E-state index in [4.69, 9.17) is 27.0 Å². The lowest BCUT2D eigenvalue weighted by atomic mass is 10.0. The quantitative estimate of drug-likeness (QED) is 0.0992. The van der Waals surface area contributed by atoms with Crippen LogP contribution in [-0.4, -0.2) is 72.2 Å². The highest BCUT2D eigenvalue weighted by molar-refractivity contribution is 7.14. The zero-order valence-electron chi connectivity index (χ0n) is 27.1. The average molecular weight is 733 g/mol. The van der Waals surface area contributed by atoms with E-state index in [9.17, 15) is 18.4 Å². The predicted octanol–water partition coefficient (Wildman–Crippen LogP) is 6.48. The van der Waals surface area contributed by atoms with E-state index in [2.05, 4.69) is 20.2 Å². The summed E-state index contributed by atoms with van der Waals surface area (Å²) in [6.45, 7) is 4.84. The molecule has 10 nitrogen and oxygen atoms in total. The minimum atomic E-state index is -1.17. The van der Waals surface area contributed by atoms with Gasteiger partial charge in [0, 0.05) is 61.4 Å². The van der Waals surface area contributed by atoms with Crippen LogP contribution < -0.4 is 20.7 Å². The number of nitrogens with zero attached hydrogens (tertiary/aromatic N) is 4. The molecule has 1 fully saturated rings. The fraction of sp³-hybridized carbons (Fsp3) is 0.412. The lowest BCUT2D eigenvalue weighted by Gasteiger charge is -2.26. The Labute approximate surface area is 297 Å². The molecule has 2 aromatic carbocycles. The Morgan fingerprint density at radius 1 is 1.10 bits per heavy atom. The maximum Gasteiger partial charge on any atom is 0.257 e. The Hall–Kier alpha value is -3.69. The van der Waals surface area contributed by atoms with Crippen molar-refractivity contribution in [3.05, 3.63) is 70.2 Å². The predicted molar refractivity (Wildman–Crippen MR) is 189 cm³/mol. The van der Waals surface area contributed by atoms with Crippen LogP contribution in [0, 0.1) is 18.6 Å². The molecule has 0 bridgehead atoms. The molecule has 5 rings (SSSR count). The number of aryl methyl sites for hydroxylation is 1. The zero-order valence-corrected chi connectivity index (χ0v) is 29.5. The number of unbranched alkanes of at least 4 members (excludes halogenated alkanes) is 3. The fourth-order valence-electron chi connectivity index (χ4n) is 5.30. The van der Waals surface area contributed by atoms with E-state index in [1.165, 1.54) is 21.8 Å². The number of carbonyl (C=O) groups excluding carboxylic acids is 2. The summed E-state index contributed by atoms with van der Waals surface area (Å²) in [5.41, 5.74) is 11.7. The third-order valence-corrected chi connectivity index (χ3v) is 10.3. The summed E-state index contributed by atoms with van der Waals surface area (Å²) in [7, 11) is 0. The molecule has 0 aliphatic carbocycles. The van der Waals surface area contributed by atoms with Gasteiger partial charge in [-0.25, -0.2) is 14.4 Å². The number of thiazole rings is 2. The lowest BCUT2D eigenvalue weighted by molar-refractivity contribution is -0.127. The van der Waals surface area contributed by atoms with Gasteiger partial charge in [0.15, 0.2) is 23.3 Å². The number of rotatable bonds is 16. The minimum Gasteiger partial charge on any atom is -0.480 e. The molecule has 1 aliphatic rings. The molecule has 0 unspecified atom stereocenters. The first-order valence-electron chi connectivity index (χ1n) is 16.1. The average Bonchev–Trinajstić information content (AvgIpc) is 3.78. The van der Waals surface area contributed by atoms with Gasteiger partial charge in [-0.3, -0.25) is 14.0 Å². The summed E-state index contributed by atoms with van der Waals surface area (Å²) < 4.78 is 40.9. The number of amides is 2. The van der Waals surface area contributed by atoms with Crippen LogP contribution in [0.1, 0.15) is 49.4 Å². The smallest absolute Gasteiger partial charge is 0.257 e. The largest absolute Gasteiger partial charge is 0.480 e. The number of nitrogens with one attached hydrogen (secondary N) is 1. The van der Waals surface area contributed by atoms with Gasteiger partial charge in [-0.2, -0.15) is 4.39 Å². The van der Waals surface area contributed by atoms with Gasteiger partial charge in [0.05, 0.1) is 35.0 Å². The highest BCUT2D eigenvalue weighted by atomic mass is 35.5. The van der Waals surface area contributed by atoms with Crippen LogP contribution in [0.4, 0.5) is 13.9 Å². The highest BCUT2D eigenvalue weighted by Gasteiger charge is 2.22. The monoisotopic (exact) mass is 732 g/mol. The summed E-state index contributed by atoms with van der Waals surface area (Å²) >= 11 is 9.21. The van der Waals surface area contributed by atoms with Gasteiger partial charge in [-0.15, -0.1) is 22.7 Å². The van der Waals surface area contributed by atoms with Crippen molar-refractivity contribution in [2.24, 2.45) is 5.73 Å². The van der Waals surface area contributed by atoms with Crippen LogP contribution in [0.5, 0.6) is 5.75 Å². The van der Waals surface area contributed by atoms with Gasteiger partial charge < -0.3 is 25.4 Å². The second-order valence-electron chi connectivity index (χ2n) is 11.6. The number of hydrogen-bond donors (Lipinski definition) is 2. The van der Waals surface area contributed by atoms with Gasteiger partial charge >= 0.3 is 0 Å². The fourth-order valence-corrected chi connectivity index (χ4v) is 7.18. The Morgan fingerprint density at radius 3 is 2.59 bits per heavy atom. The Kier molecular flexibility index (Phi) is 13.3. The minimum absolute atomic E-state index is 0.0940. The zero-order chi connectivity index (χ0) is 34.8. The standard InChI is InChI=1S/C34H39ClF2N6O4S2/c1-22-33(49-21-40-22)24-8-6-23(7-9-24)27(38)18-30(45)43(35)13-5-3-2-4-12-39-29(44)19-47-32-25(10-11-26(36)31(32)37)28-20-48-34(41-28)42-14-16-46-17-15-42/h6-11,20-21,27H,2-5,12-19,38H2,1H3,(H,39,44)/t27-/m0/s1. The molecular weight excluding hydrogens is 694 g/mol. The van der Waals surface area contributed by atoms with Crippen LogP contribution in [-0.2, 0) is 14.3 Å². The van der Waals surface area contributed by atoms with Crippen LogP contribution >= 0.6 is 34.5 Å². The van der Waals surface area contributed by atoms with Gasteiger partial charge in [0.25, 0.3) is 5.91 Å². The van der Waals surface area contributed by atoms with Crippen molar-refractivity contribution < 1.29 is 27.8 Å². The van der Waals surface area contributed by atoms with Crippen molar-refractivity contribution in [2.75, 3.05) is 50.9 Å². The van der Waals surface area contributed by atoms with Crippen molar-refractivity contribution in [1.29, 1.82) is 0 Å². The molecule has 0 spiro atoms. The van der Waals surface area contributed by atoms with Crippen molar-refractivity contribution >= 4 is 51.4 Å². The third-order valence-electron chi connectivity index (χ3n) is 8.06. The molecule has 1 atom stereocenters. The second-order valence-corrected chi connectivity index (χ2v) is 13.7. The van der Waals surface area contributed by atoms with E-state index in [1.807, 2.05) is 36.7 Å². The second kappa shape index (κ2) is 17.8. The van der Waals surface area contributed by atoms with Crippen molar-refractivity contribution in [3.8, 4) is 27.4 Å². The van der Waals surface area contributed by atoms with E-state index in [-0.39, 0.29) is 23.6 Å². The number of benzene rings is 2. The molecule has 2 aromatic heterocycles. The summed E-state index contributed by atoms with van der Waals surface area (Å²) in [6.07, 6.45) is 3.06. The molecule has 0 radical (unpaired) electrons. The molecule has 4 aromatic rings. The summed E-state index contributed by atoms with van der Waals surface area (Å²) in [4.78, 5) is 37.1. The summed E-state index contributed by atoms with van der Waals surface area (Å²) in [6, 6.07) is 9.78. The SMILES string of the molecule is Cc1ncsc1-c1ccc([C@@H](N)CC(=O)N(Cl)CCCCCCNC(=O)COc2c(-c3csc(N4CCOCC4)n3)ccc(F)c2F)cc1. The molecule has 49 heavy (non-hydrogen) atoms. The van der Waals surface area contributed by atoms with Gasteiger partial charge in [-0.1, -0.05) is 37.1 Å². The molecule has 0 saturated carbocycles. The lowest BCUT2D eigenvalue weighted by Crippen LogP contribution is -2.36. The summed E-state index contributed by atoms with van der Waals surface area (Å²) in [5.74, 6) is -3.29. The number of aromatic nitrogens is 2. The first kappa shape index (κ1) is 36.6. The van der Waals surface area contributed by atoms with Crippen molar-refractivity contribution in [1.82, 2.24) is 19.7 Å². The highest BCUT2D eigenvalue weighted by Crippen LogP contribution is 2.36. The first-order valence-corrected chi connectivity index (χ1v) is 18.2. The van der Waals surface area contributed by atoms with Crippen LogP contribution in [0.2, 0.25) is 0 Å². The number of halogens is 3. The van der Waals surface area contributed by atoms with Crippen LogP contribution in [0.25, 0.3) is 21.7 Å². The number of anilines is 1. The number of hydrogen-bond acceptors (Lipinski definition) is 10. The molecule has 2 amide bonds. The van der Waals surface area contributed by atoms with Gasteiger partial charge in [0.1, 0.15) is 0 Å². The molecule has 262 valence electrons. The van der Waals surface area contributed by atoms with E-state index >= 15 is 0 Å². The number of ether oxygens (including phenoxy) is 2. The third kappa shape index (κ3) is 9.94. The van der Waals surface area contributed by atoms with Gasteiger partial charge in [0.2, 0.25) is 11.7 Å². The molecule has 3 N–H and O–H groups in total. The number of nitrogens with two attached hydrogens (primary N) is 1. The number of morpholine rings is 1. The van der Waals surface area contributed by atoms with E-state index in [1.54, 1.807) is 16.7 Å². The van der Waals surface area contributed by atoms with E-state index < -0.39 is 30.2 Å².